The van der Waals surface area contributed by atoms with Crippen LogP contribution in [0.25, 0.3) is 0 Å². The summed E-state index contributed by atoms with van der Waals surface area (Å²) in [4.78, 5) is 0. The van der Waals surface area contributed by atoms with Gasteiger partial charge in [0.1, 0.15) is 0 Å². The van der Waals surface area contributed by atoms with Gasteiger partial charge in [-0.1, -0.05) is 38.2 Å². The van der Waals surface area contributed by atoms with E-state index in [1.165, 1.54) is 24.8 Å². The molecule has 3 saturated carbocycles. The maximum Gasteiger partial charge on any atom is 0.0900 e. The third-order valence-electron chi connectivity index (χ3n) is 9.39. The largest absolute Gasteiger partial charge is 0.393 e. The molecule has 0 bridgehead atoms. The smallest absolute Gasteiger partial charge is 0.0900 e. The molecule has 0 aromatic heterocycles. The SMILES string of the molecule is C=C1/C(=C\C=C2/CCC[C@]3(C)[C@@H]([C@@H](C)OCCCC(O)(CC)C(C)O)CC[C@@H]23)C[C@@H](O)C[C@@H]1O. The molecule has 4 N–H and O–H groups in total. The number of aliphatic hydroxyl groups is 4. The van der Waals surface area contributed by atoms with Crippen molar-refractivity contribution in [3.63, 3.8) is 0 Å². The Labute approximate surface area is 206 Å². The van der Waals surface area contributed by atoms with Gasteiger partial charge in [-0.15, -0.1) is 0 Å². The van der Waals surface area contributed by atoms with Crippen LogP contribution in [-0.4, -0.2) is 57.0 Å². The van der Waals surface area contributed by atoms with Crippen molar-refractivity contribution < 1.29 is 25.2 Å². The number of aliphatic hydroxyl groups excluding tert-OH is 3. The van der Waals surface area contributed by atoms with Crippen molar-refractivity contribution in [2.45, 2.75) is 122 Å². The Morgan fingerprint density at radius 2 is 1.97 bits per heavy atom. The van der Waals surface area contributed by atoms with Crippen LogP contribution in [0.3, 0.4) is 0 Å². The fraction of sp³-hybridized carbons (Fsp3) is 0.793. The Kier molecular flexibility index (Phi) is 9.24. The van der Waals surface area contributed by atoms with Gasteiger partial charge >= 0.3 is 0 Å². The van der Waals surface area contributed by atoms with Crippen LogP contribution in [0, 0.1) is 17.3 Å². The van der Waals surface area contributed by atoms with Gasteiger partial charge in [0.15, 0.2) is 0 Å². The fourth-order valence-electron chi connectivity index (χ4n) is 6.96. The predicted octanol–water partition coefficient (Wildman–Crippen LogP) is 4.83. The molecule has 3 fully saturated rings. The minimum absolute atomic E-state index is 0.164. The van der Waals surface area contributed by atoms with E-state index in [1.54, 1.807) is 6.92 Å². The Morgan fingerprint density at radius 3 is 2.65 bits per heavy atom. The van der Waals surface area contributed by atoms with Crippen molar-refractivity contribution in [3.8, 4) is 0 Å². The predicted molar refractivity (Wildman–Crippen MR) is 136 cm³/mol. The molecular weight excluding hydrogens is 428 g/mol. The zero-order valence-corrected chi connectivity index (χ0v) is 21.8. The van der Waals surface area contributed by atoms with Gasteiger partial charge in [0.25, 0.3) is 0 Å². The number of allylic oxidation sites excluding steroid dienone is 3. The summed E-state index contributed by atoms with van der Waals surface area (Å²) < 4.78 is 6.30. The Balaban J connectivity index is 1.62. The van der Waals surface area contributed by atoms with E-state index < -0.39 is 23.9 Å². The second-order valence-corrected chi connectivity index (χ2v) is 11.5. The lowest BCUT2D eigenvalue weighted by atomic mass is 9.62. The van der Waals surface area contributed by atoms with Gasteiger partial charge in [0, 0.05) is 13.0 Å². The first kappa shape index (κ1) is 27.6. The van der Waals surface area contributed by atoms with Crippen LogP contribution in [0.15, 0.2) is 35.5 Å². The second-order valence-electron chi connectivity index (χ2n) is 11.5. The third kappa shape index (κ3) is 5.87. The van der Waals surface area contributed by atoms with Crippen molar-refractivity contribution in [2.75, 3.05) is 6.61 Å². The van der Waals surface area contributed by atoms with Gasteiger partial charge in [-0.3, -0.25) is 0 Å². The van der Waals surface area contributed by atoms with Crippen LogP contribution in [0.5, 0.6) is 0 Å². The van der Waals surface area contributed by atoms with Crippen LogP contribution < -0.4 is 0 Å². The summed E-state index contributed by atoms with van der Waals surface area (Å²) >= 11 is 0. The van der Waals surface area contributed by atoms with Crippen LogP contribution in [-0.2, 0) is 4.74 Å². The monoisotopic (exact) mass is 476 g/mol. The highest BCUT2D eigenvalue weighted by Crippen LogP contribution is 2.58. The summed E-state index contributed by atoms with van der Waals surface area (Å²) in [6.07, 6.45) is 11.3. The van der Waals surface area contributed by atoms with Crippen molar-refractivity contribution >= 4 is 0 Å². The molecule has 3 rings (SSSR count). The highest BCUT2D eigenvalue weighted by Gasteiger charge is 2.51. The maximum absolute atomic E-state index is 10.5. The summed E-state index contributed by atoms with van der Waals surface area (Å²) in [5, 5.41) is 40.6. The first-order valence-corrected chi connectivity index (χ1v) is 13.5. The zero-order valence-electron chi connectivity index (χ0n) is 21.8. The van der Waals surface area contributed by atoms with Gasteiger partial charge < -0.3 is 25.2 Å². The first-order chi connectivity index (χ1) is 16.0. The zero-order chi connectivity index (χ0) is 25.1. The summed E-state index contributed by atoms with van der Waals surface area (Å²) in [6, 6.07) is 0. The molecule has 0 amide bonds. The van der Waals surface area contributed by atoms with Gasteiger partial charge in [-0.25, -0.2) is 0 Å². The topological polar surface area (TPSA) is 90.2 Å². The fourth-order valence-corrected chi connectivity index (χ4v) is 6.96. The standard InChI is InChI=1S/C29H48O5/c1-6-29(33,21(4)30)15-8-16-34-20(3)25-12-13-26-22(9-7-14-28(25,26)5)10-11-23-17-24(31)18-27(32)19(23)2/h10-11,20-21,24-27,30-33H,2,6-9,12-18H2,1,3-5H3/b22-10+,23-11-/t20-,21?,24-,25-,26+,27+,28-,29?/m1/s1. The molecule has 194 valence electrons. The van der Waals surface area contributed by atoms with Gasteiger partial charge in [-0.05, 0) is 100 Å². The molecule has 3 aliphatic carbocycles. The minimum atomic E-state index is -1.02. The number of hydrogen-bond acceptors (Lipinski definition) is 5. The molecule has 8 atom stereocenters. The number of fused-ring (bicyclic) bond motifs is 1. The molecule has 0 spiro atoms. The van der Waals surface area contributed by atoms with E-state index >= 15 is 0 Å². The van der Waals surface area contributed by atoms with Gasteiger partial charge in [0.05, 0.1) is 30.0 Å². The lowest BCUT2D eigenvalue weighted by molar-refractivity contribution is -0.0832. The average Bonchev–Trinajstić information content (AvgIpc) is 3.15. The van der Waals surface area contributed by atoms with Crippen LogP contribution >= 0.6 is 0 Å². The number of rotatable bonds is 9. The molecule has 0 heterocycles. The number of hydrogen-bond donors (Lipinski definition) is 4. The summed E-state index contributed by atoms with van der Waals surface area (Å²) in [7, 11) is 0. The molecule has 5 heteroatoms. The third-order valence-corrected chi connectivity index (χ3v) is 9.39. The van der Waals surface area contributed by atoms with E-state index in [4.69, 9.17) is 4.74 Å². The van der Waals surface area contributed by atoms with Gasteiger partial charge in [0.2, 0.25) is 0 Å². The van der Waals surface area contributed by atoms with E-state index in [0.29, 0.717) is 44.1 Å². The van der Waals surface area contributed by atoms with Crippen LogP contribution in [0.1, 0.15) is 91.9 Å². The van der Waals surface area contributed by atoms with Crippen LogP contribution in [0.4, 0.5) is 0 Å². The molecule has 34 heavy (non-hydrogen) atoms. The van der Waals surface area contributed by atoms with E-state index in [9.17, 15) is 20.4 Å². The molecule has 0 aliphatic heterocycles. The molecule has 5 nitrogen and oxygen atoms in total. The quantitative estimate of drug-likeness (QED) is 0.358. The van der Waals surface area contributed by atoms with E-state index in [2.05, 4.69) is 32.6 Å². The Bertz CT molecular complexity index is 770. The highest BCUT2D eigenvalue weighted by molar-refractivity contribution is 5.38. The second kappa shape index (κ2) is 11.4. The molecule has 0 aromatic rings. The highest BCUT2D eigenvalue weighted by atomic mass is 16.5. The van der Waals surface area contributed by atoms with Crippen molar-refractivity contribution in [1.82, 2.24) is 0 Å². The minimum Gasteiger partial charge on any atom is -0.393 e. The molecule has 2 unspecified atom stereocenters. The lowest BCUT2D eigenvalue weighted by Gasteiger charge is -2.44. The Morgan fingerprint density at radius 1 is 1.24 bits per heavy atom. The van der Waals surface area contributed by atoms with Gasteiger partial charge in [-0.2, -0.15) is 0 Å². The summed E-state index contributed by atoms with van der Waals surface area (Å²) in [6.45, 7) is 12.9. The molecule has 3 aliphatic rings. The normalized spacial score (nSPS) is 38.1. The summed E-state index contributed by atoms with van der Waals surface area (Å²) in [5.41, 5.74) is 2.40. The maximum atomic E-state index is 10.5. The van der Waals surface area contributed by atoms with Crippen molar-refractivity contribution in [2.24, 2.45) is 17.3 Å². The molecule has 0 radical (unpaired) electrons. The summed E-state index contributed by atoms with van der Waals surface area (Å²) in [5.74, 6) is 1.05. The Hall–Kier alpha value is -0.980. The van der Waals surface area contributed by atoms with E-state index in [-0.39, 0.29) is 11.5 Å². The molecule has 0 aromatic carbocycles. The van der Waals surface area contributed by atoms with Crippen LogP contribution in [0.2, 0.25) is 0 Å². The lowest BCUT2D eigenvalue weighted by Crippen LogP contribution is -2.40. The molecule has 0 saturated heterocycles. The first-order valence-electron chi connectivity index (χ1n) is 13.5. The number of ether oxygens (including phenoxy) is 1. The average molecular weight is 477 g/mol. The van der Waals surface area contributed by atoms with Crippen molar-refractivity contribution in [1.29, 1.82) is 0 Å². The molecular formula is C29H48O5. The van der Waals surface area contributed by atoms with E-state index in [0.717, 1.165) is 30.4 Å². The van der Waals surface area contributed by atoms with E-state index in [1.807, 2.05) is 6.92 Å². The van der Waals surface area contributed by atoms with Crippen molar-refractivity contribution in [3.05, 3.63) is 35.5 Å².